The first-order chi connectivity index (χ1) is 3.77. The quantitative estimate of drug-likeness (QED) is 0.514. The Morgan fingerprint density at radius 3 is 2.12 bits per heavy atom. The van der Waals surface area contributed by atoms with Crippen LogP contribution in [0.4, 0.5) is 0 Å². The van der Waals surface area contributed by atoms with Crippen molar-refractivity contribution in [2.24, 2.45) is 5.73 Å². The monoisotopic (exact) mass is 115 g/mol. The molecule has 1 saturated carbocycles. The lowest BCUT2D eigenvalue weighted by Gasteiger charge is -2.20. The lowest BCUT2D eigenvalue weighted by atomic mass is 10.2. The molecule has 1 aliphatic carbocycles. The normalized spacial score (nSPS) is 26.2. The van der Waals surface area contributed by atoms with Gasteiger partial charge in [0.1, 0.15) is 5.72 Å². The van der Waals surface area contributed by atoms with Gasteiger partial charge in [0.15, 0.2) is 0 Å². The zero-order valence-corrected chi connectivity index (χ0v) is 5.31. The molecule has 2 nitrogen and oxygen atoms in total. The summed E-state index contributed by atoms with van der Waals surface area (Å²) < 4.78 is 5.08. The van der Waals surface area contributed by atoms with Crippen molar-refractivity contribution in [1.82, 2.24) is 0 Å². The van der Waals surface area contributed by atoms with E-state index in [0.29, 0.717) is 0 Å². The zero-order valence-electron chi connectivity index (χ0n) is 5.31. The Hall–Kier alpha value is -0.0800. The third kappa shape index (κ3) is 1.01. The number of nitrogens with two attached hydrogens (primary N) is 1. The fourth-order valence-corrected chi connectivity index (χ4v) is 1.18. The summed E-state index contributed by atoms with van der Waals surface area (Å²) in [7, 11) is 1.69. The molecule has 0 radical (unpaired) electrons. The Morgan fingerprint density at radius 2 is 1.88 bits per heavy atom. The third-order valence-corrected chi connectivity index (χ3v) is 1.86. The number of methoxy groups -OCH3 is 1. The molecule has 0 spiro atoms. The highest BCUT2D eigenvalue weighted by Crippen LogP contribution is 2.26. The molecule has 0 amide bonds. The maximum atomic E-state index is 5.74. The minimum absolute atomic E-state index is 0.264. The second-order valence-electron chi connectivity index (χ2n) is 2.48. The van der Waals surface area contributed by atoms with Crippen LogP contribution in [0.1, 0.15) is 25.7 Å². The van der Waals surface area contributed by atoms with Gasteiger partial charge in [-0.25, -0.2) is 0 Å². The van der Waals surface area contributed by atoms with Gasteiger partial charge in [-0.15, -0.1) is 0 Å². The average Bonchev–Trinajstić information content (AvgIpc) is 2.17. The summed E-state index contributed by atoms with van der Waals surface area (Å²) >= 11 is 0. The van der Waals surface area contributed by atoms with Gasteiger partial charge < -0.3 is 10.5 Å². The Labute approximate surface area is 50.0 Å². The topological polar surface area (TPSA) is 35.2 Å². The minimum Gasteiger partial charge on any atom is -0.364 e. The molecule has 0 aromatic carbocycles. The van der Waals surface area contributed by atoms with E-state index in [2.05, 4.69) is 0 Å². The fourth-order valence-electron chi connectivity index (χ4n) is 1.18. The van der Waals surface area contributed by atoms with E-state index < -0.39 is 0 Å². The van der Waals surface area contributed by atoms with Crippen LogP contribution in [0.3, 0.4) is 0 Å². The van der Waals surface area contributed by atoms with Gasteiger partial charge >= 0.3 is 0 Å². The maximum Gasteiger partial charge on any atom is 0.116 e. The largest absolute Gasteiger partial charge is 0.364 e. The van der Waals surface area contributed by atoms with Crippen LogP contribution in [0, 0.1) is 0 Å². The zero-order chi connectivity index (χ0) is 6.04. The molecule has 2 N–H and O–H groups in total. The lowest BCUT2D eigenvalue weighted by Crippen LogP contribution is -2.38. The predicted octanol–water partition coefficient (Wildman–Crippen LogP) is 0.862. The lowest BCUT2D eigenvalue weighted by molar-refractivity contribution is 0.00149. The van der Waals surface area contributed by atoms with E-state index in [9.17, 15) is 0 Å². The van der Waals surface area contributed by atoms with E-state index in [1.165, 1.54) is 12.8 Å². The predicted molar refractivity (Wildman–Crippen MR) is 32.4 cm³/mol. The first-order valence-electron chi connectivity index (χ1n) is 3.11. The van der Waals surface area contributed by atoms with Gasteiger partial charge in [0.2, 0.25) is 0 Å². The van der Waals surface area contributed by atoms with Crippen LogP contribution in [-0.4, -0.2) is 12.8 Å². The molecule has 0 unspecified atom stereocenters. The molecule has 0 atom stereocenters. The highest BCUT2D eigenvalue weighted by atomic mass is 16.5. The van der Waals surface area contributed by atoms with Crippen LogP contribution in [0.25, 0.3) is 0 Å². The van der Waals surface area contributed by atoms with Crippen LogP contribution >= 0.6 is 0 Å². The highest BCUT2D eigenvalue weighted by Gasteiger charge is 2.28. The molecule has 0 saturated heterocycles. The molecule has 0 aromatic rings. The number of hydrogen-bond donors (Lipinski definition) is 1. The molecule has 48 valence electrons. The molecule has 0 bridgehead atoms. The minimum atomic E-state index is -0.264. The molecule has 8 heavy (non-hydrogen) atoms. The number of ether oxygens (including phenoxy) is 1. The van der Waals surface area contributed by atoms with Crippen molar-refractivity contribution >= 4 is 0 Å². The smallest absolute Gasteiger partial charge is 0.116 e. The van der Waals surface area contributed by atoms with Crippen molar-refractivity contribution in [2.45, 2.75) is 31.4 Å². The van der Waals surface area contributed by atoms with Crippen molar-refractivity contribution in [2.75, 3.05) is 7.11 Å². The van der Waals surface area contributed by atoms with Crippen LogP contribution in [0.2, 0.25) is 0 Å². The van der Waals surface area contributed by atoms with Crippen LogP contribution in [-0.2, 0) is 4.74 Å². The summed E-state index contributed by atoms with van der Waals surface area (Å²) in [6.45, 7) is 0. The van der Waals surface area contributed by atoms with Crippen LogP contribution in [0.15, 0.2) is 0 Å². The summed E-state index contributed by atoms with van der Waals surface area (Å²) in [4.78, 5) is 0. The van der Waals surface area contributed by atoms with Crippen molar-refractivity contribution < 1.29 is 4.74 Å². The SMILES string of the molecule is COC1(N)CCCC1. The Balaban J connectivity index is 2.40. The Morgan fingerprint density at radius 1 is 1.38 bits per heavy atom. The fraction of sp³-hybridized carbons (Fsp3) is 1.00. The molecule has 1 rings (SSSR count). The van der Waals surface area contributed by atoms with Crippen molar-refractivity contribution in [3.05, 3.63) is 0 Å². The molecule has 2 heteroatoms. The third-order valence-electron chi connectivity index (χ3n) is 1.86. The van der Waals surface area contributed by atoms with E-state index in [0.717, 1.165) is 12.8 Å². The standard InChI is InChI=1S/C6H13NO/c1-8-6(7)4-2-3-5-6/h2-5,7H2,1H3. The summed E-state index contributed by atoms with van der Waals surface area (Å²) in [6, 6.07) is 0. The van der Waals surface area contributed by atoms with Crippen molar-refractivity contribution in [3.63, 3.8) is 0 Å². The summed E-state index contributed by atoms with van der Waals surface area (Å²) in [5.41, 5.74) is 5.47. The van der Waals surface area contributed by atoms with E-state index in [1.54, 1.807) is 7.11 Å². The van der Waals surface area contributed by atoms with Crippen molar-refractivity contribution in [1.29, 1.82) is 0 Å². The van der Waals surface area contributed by atoms with Crippen LogP contribution < -0.4 is 5.73 Å². The maximum absolute atomic E-state index is 5.74. The Bertz CT molecular complexity index is 76.6. The van der Waals surface area contributed by atoms with Gasteiger partial charge in [-0.2, -0.15) is 0 Å². The second kappa shape index (κ2) is 2.03. The first-order valence-corrected chi connectivity index (χ1v) is 3.11. The molecule has 0 heterocycles. The molecule has 0 aromatic heterocycles. The molecule has 1 aliphatic rings. The van der Waals surface area contributed by atoms with Gasteiger partial charge in [0.25, 0.3) is 0 Å². The average molecular weight is 115 g/mol. The number of hydrogen-bond acceptors (Lipinski definition) is 2. The van der Waals surface area contributed by atoms with Gasteiger partial charge in [-0.1, -0.05) is 0 Å². The summed E-state index contributed by atoms with van der Waals surface area (Å²) in [5.74, 6) is 0. The first kappa shape index (κ1) is 6.05. The molecule has 1 fully saturated rings. The van der Waals surface area contributed by atoms with E-state index in [1.807, 2.05) is 0 Å². The van der Waals surface area contributed by atoms with Crippen LogP contribution in [0.5, 0.6) is 0 Å². The van der Waals surface area contributed by atoms with E-state index >= 15 is 0 Å². The highest BCUT2D eigenvalue weighted by molar-refractivity contribution is 4.78. The van der Waals surface area contributed by atoms with Crippen molar-refractivity contribution in [3.8, 4) is 0 Å². The van der Waals surface area contributed by atoms with Gasteiger partial charge in [0.05, 0.1) is 0 Å². The summed E-state index contributed by atoms with van der Waals surface area (Å²) in [6.07, 6.45) is 4.52. The second-order valence-corrected chi connectivity index (χ2v) is 2.48. The van der Waals surface area contributed by atoms with Gasteiger partial charge in [-0.05, 0) is 25.7 Å². The van der Waals surface area contributed by atoms with Gasteiger partial charge in [-0.3, -0.25) is 0 Å². The van der Waals surface area contributed by atoms with E-state index in [-0.39, 0.29) is 5.72 Å². The molecular weight excluding hydrogens is 102 g/mol. The van der Waals surface area contributed by atoms with Gasteiger partial charge in [0, 0.05) is 7.11 Å². The number of rotatable bonds is 1. The Kier molecular flexibility index (Phi) is 1.54. The molecular formula is C6H13NO. The summed E-state index contributed by atoms with van der Waals surface area (Å²) in [5, 5.41) is 0. The van der Waals surface area contributed by atoms with E-state index in [4.69, 9.17) is 10.5 Å². The molecule has 0 aliphatic heterocycles.